The Hall–Kier alpha value is -1.27. The summed E-state index contributed by atoms with van der Waals surface area (Å²) in [6.45, 7) is 0. The van der Waals surface area contributed by atoms with Crippen LogP contribution < -0.4 is 9.47 Å². The van der Waals surface area contributed by atoms with Gasteiger partial charge in [-0.25, -0.2) is 8.42 Å². The van der Waals surface area contributed by atoms with Gasteiger partial charge in [-0.3, -0.25) is 0 Å². The molecular formula is C11H14O5S. The van der Waals surface area contributed by atoms with Crippen LogP contribution in [-0.4, -0.2) is 44.3 Å². The molecule has 2 unspecified atom stereocenters. The monoisotopic (exact) mass is 258 g/mol. The van der Waals surface area contributed by atoms with Gasteiger partial charge in [-0.2, -0.15) is 0 Å². The van der Waals surface area contributed by atoms with Crippen molar-refractivity contribution in [3.8, 4) is 11.5 Å². The third-order valence-corrected chi connectivity index (χ3v) is 4.31. The second-order valence-electron chi connectivity index (χ2n) is 3.95. The van der Waals surface area contributed by atoms with E-state index in [1.807, 2.05) is 0 Å². The second kappa shape index (κ2) is 4.54. The zero-order chi connectivity index (χ0) is 12.5. The molecule has 1 N–H and O–H groups in total. The van der Waals surface area contributed by atoms with Crippen molar-refractivity contribution in [1.29, 1.82) is 0 Å². The minimum Gasteiger partial charge on any atom is -0.493 e. The van der Waals surface area contributed by atoms with E-state index in [0.29, 0.717) is 11.5 Å². The van der Waals surface area contributed by atoms with Crippen LogP contribution in [0.2, 0.25) is 0 Å². The van der Waals surface area contributed by atoms with E-state index in [0.717, 1.165) is 0 Å². The first kappa shape index (κ1) is 12.2. The molecule has 1 saturated heterocycles. The van der Waals surface area contributed by atoms with Gasteiger partial charge in [0.2, 0.25) is 0 Å². The Morgan fingerprint density at radius 1 is 1.24 bits per heavy atom. The lowest BCUT2D eigenvalue weighted by atomic mass is 10.2. The number of aliphatic hydroxyl groups excluding tert-OH is 1. The topological polar surface area (TPSA) is 72.8 Å². The van der Waals surface area contributed by atoms with Crippen LogP contribution >= 0.6 is 0 Å². The van der Waals surface area contributed by atoms with E-state index in [1.54, 1.807) is 24.3 Å². The molecule has 1 aliphatic heterocycles. The number of para-hydroxylation sites is 2. The predicted octanol–water partition coefficient (Wildman–Crippen LogP) is 0.232. The third-order valence-electron chi connectivity index (χ3n) is 2.62. The maximum atomic E-state index is 11.3. The van der Waals surface area contributed by atoms with Gasteiger partial charge in [-0.15, -0.1) is 0 Å². The molecule has 0 spiro atoms. The van der Waals surface area contributed by atoms with Crippen molar-refractivity contribution in [2.45, 2.75) is 12.2 Å². The molecule has 0 aliphatic carbocycles. The Bertz CT molecular complexity index is 496. The highest BCUT2D eigenvalue weighted by molar-refractivity contribution is 7.91. The number of hydrogen-bond acceptors (Lipinski definition) is 5. The Balaban J connectivity index is 2.16. The minimum absolute atomic E-state index is 0.161. The lowest BCUT2D eigenvalue weighted by Crippen LogP contribution is -2.29. The summed E-state index contributed by atoms with van der Waals surface area (Å²) >= 11 is 0. The molecule has 94 valence electrons. The maximum absolute atomic E-state index is 11.3. The van der Waals surface area contributed by atoms with E-state index in [1.165, 1.54) is 7.11 Å². The van der Waals surface area contributed by atoms with E-state index in [4.69, 9.17) is 9.47 Å². The molecule has 2 atom stereocenters. The zero-order valence-corrected chi connectivity index (χ0v) is 10.2. The zero-order valence-electron chi connectivity index (χ0n) is 9.37. The van der Waals surface area contributed by atoms with Crippen LogP contribution in [0.3, 0.4) is 0 Å². The maximum Gasteiger partial charge on any atom is 0.161 e. The fraction of sp³-hybridized carbons (Fsp3) is 0.455. The first-order valence-electron chi connectivity index (χ1n) is 5.20. The number of sulfone groups is 1. The van der Waals surface area contributed by atoms with Gasteiger partial charge in [0.1, 0.15) is 12.2 Å². The molecule has 2 rings (SSSR count). The van der Waals surface area contributed by atoms with E-state index >= 15 is 0 Å². The lowest BCUT2D eigenvalue weighted by molar-refractivity contribution is 0.0718. The van der Waals surface area contributed by atoms with Crippen LogP contribution in [0.15, 0.2) is 24.3 Å². The molecular weight excluding hydrogens is 244 g/mol. The van der Waals surface area contributed by atoms with Crippen LogP contribution in [-0.2, 0) is 9.84 Å². The fourth-order valence-corrected chi connectivity index (χ4v) is 3.45. The van der Waals surface area contributed by atoms with Crippen molar-refractivity contribution in [3.05, 3.63) is 24.3 Å². The first-order chi connectivity index (χ1) is 8.02. The Morgan fingerprint density at radius 2 is 1.88 bits per heavy atom. The van der Waals surface area contributed by atoms with Crippen LogP contribution in [0.1, 0.15) is 0 Å². The Kier molecular flexibility index (Phi) is 3.26. The number of hydrogen-bond donors (Lipinski definition) is 1. The van der Waals surface area contributed by atoms with Crippen LogP contribution in [0.4, 0.5) is 0 Å². The minimum atomic E-state index is -3.20. The molecule has 1 aliphatic rings. The van der Waals surface area contributed by atoms with Gasteiger partial charge in [0.05, 0.1) is 18.6 Å². The summed E-state index contributed by atoms with van der Waals surface area (Å²) in [4.78, 5) is 0. The van der Waals surface area contributed by atoms with Gasteiger partial charge in [0.25, 0.3) is 0 Å². The smallest absolute Gasteiger partial charge is 0.161 e. The molecule has 5 nitrogen and oxygen atoms in total. The van der Waals surface area contributed by atoms with E-state index in [-0.39, 0.29) is 11.5 Å². The van der Waals surface area contributed by atoms with Gasteiger partial charge < -0.3 is 14.6 Å². The van der Waals surface area contributed by atoms with Gasteiger partial charge in [0, 0.05) is 0 Å². The largest absolute Gasteiger partial charge is 0.493 e. The third kappa shape index (κ3) is 2.70. The van der Waals surface area contributed by atoms with E-state index < -0.39 is 22.0 Å². The normalized spacial score (nSPS) is 26.7. The summed E-state index contributed by atoms with van der Waals surface area (Å²) in [6.07, 6.45) is -1.71. The van der Waals surface area contributed by atoms with Crippen molar-refractivity contribution in [1.82, 2.24) is 0 Å². The number of benzene rings is 1. The van der Waals surface area contributed by atoms with Crippen LogP contribution in [0.25, 0.3) is 0 Å². The van der Waals surface area contributed by atoms with Crippen LogP contribution in [0.5, 0.6) is 11.5 Å². The highest BCUT2D eigenvalue weighted by Crippen LogP contribution is 2.29. The molecule has 17 heavy (non-hydrogen) atoms. The first-order valence-corrected chi connectivity index (χ1v) is 7.02. The van der Waals surface area contributed by atoms with Crippen molar-refractivity contribution in [2.75, 3.05) is 18.6 Å². The van der Waals surface area contributed by atoms with E-state index in [9.17, 15) is 13.5 Å². The summed E-state index contributed by atoms with van der Waals surface area (Å²) in [5.41, 5.74) is 0. The molecule has 0 aromatic heterocycles. The fourth-order valence-electron chi connectivity index (χ4n) is 1.79. The summed E-state index contributed by atoms with van der Waals surface area (Å²) in [7, 11) is -1.70. The van der Waals surface area contributed by atoms with Crippen molar-refractivity contribution < 1.29 is 23.0 Å². The lowest BCUT2D eigenvalue weighted by Gasteiger charge is -2.17. The SMILES string of the molecule is COc1ccccc1OC1CS(=O)(=O)CC1O. The summed E-state index contributed by atoms with van der Waals surface area (Å²) in [5.74, 6) is 0.555. The summed E-state index contributed by atoms with van der Waals surface area (Å²) < 4.78 is 33.2. The standard InChI is InChI=1S/C11H14O5S/c1-15-9-4-2-3-5-10(9)16-11-7-17(13,14)6-8(11)12/h2-5,8,11-12H,6-7H2,1H3. The summed E-state index contributed by atoms with van der Waals surface area (Å²) in [6, 6.07) is 6.93. The predicted molar refractivity (Wildman–Crippen MR) is 62.1 cm³/mol. The molecule has 0 radical (unpaired) electrons. The molecule has 1 fully saturated rings. The van der Waals surface area contributed by atoms with Crippen molar-refractivity contribution in [2.24, 2.45) is 0 Å². The number of rotatable bonds is 3. The van der Waals surface area contributed by atoms with Gasteiger partial charge in [-0.05, 0) is 12.1 Å². The molecule has 1 heterocycles. The highest BCUT2D eigenvalue weighted by Gasteiger charge is 2.38. The van der Waals surface area contributed by atoms with Gasteiger partial charge in [-0.1, -0.05) is 12.1 Å². The molecule has 0 saturated carbocycles. The van der Waals surface area contributed by atoms with Gasteiger partial charge in [0.15, 0.2) is 21.3 Å². The summed E-state index contributed by atoms with van der Waals surface area (Å²) in [5, 5.41) is 9.60. The molecule has 1 aromatic carbocycles. The molecule has 6 heteroatoms. The average Bonchev–Trinajstić information content (AvgIpc) is 2.52. The Labute approximate surface area is 99.9 Å². The average molecular weight is 258 g/mol. The van der Waals surface area contributed by atoms with Crippen molar-refractivity contribution in [3.63, 3.8) is 0 Å². The number of ether oxygens (including phenoxy) is 2. The molecule has 1 aromatic rings. The highest BCUT2D eigenvalue weighted by atomic mass is 32.2. The number of methoxy groups -OCH3 is 1. The Morgan fingerprint density at radius 3 is 2.41 bits per heavy atom. The van der Waals surface area contributed by atoms with Crippen LogP contribution in [0, 0.1) is 0 Å². The second-order valence-corrected chi connectivity index (χ2v) is 6.11. The quantitative estimate of drug-likeness (QED) is 0.840. The van der Waals surface area contributed by atoms with E-state index in [2.05, 4.69) is 0 Å². The number of aliphatic hydroxyl groups is 1. The van der Waals surface area contributed by atoms with Crippen molar-refractivity contribution >= 4 is 9.84 Å². The van der Waals surface area contributed by atoms with Gasteiger partial charge >= 0.3 is 0 Å². The molecule has 0 amide bonds. The molecule has 0 bridgehead atoms.